The topological polar surface area (TPSA) is 44.1 Å². The molecule has 0 aromatic carbocycles. The molecule has 0 aliphatic rings. The zero-order valence-electron chi connectivity index (χ0n) is 8.51. The number of aromatic nitrogens is 2. The van der Waals surface area contributed by atoms with E-state index in [0.717, 1.165) is 0 Å². The van der Waals surface area contributed by atoms with Crippen molar-refractivity contribution >= 4 is 29.2 Å². The van der Waals surface area contributed by atoms with Crippen molar-refractivity contribution in [2.45, 2.75) is 26.3 Å². The van der Waals surface area contributed by atoms with Crippen LogP contribution in [-0.4, -0.2) is 15.5 Å². The Morgan fingerprint density at radius 2 is 2.06 bits per heavy atom. The quantitative estimate of drug-likeness (QED) is 0.804. The number of hydrogen-bond acceptors (Lipinski definition) is 3. The Bertz CT molecular complexity index is 431. The Kier molecular flexibility index (Phi) is 4.26. The Hall–Kier alpha value is -0.950. The maximum absolute atomic E-state index is 12.5. The molecule has 0 N–H and O–H groups in total. The summed E-state index contributed by atoms with van der Waals surface area (Å²) in [5.74, 6) is -1.96. The van der Waals surface area contributed by atoms with Crippen LogP contribution in [0.5, 0.6) is 0 Å². The first-order valence-corrected chi connectivity index (χ1v) is 5.17. The van der Waals surface area contributed by atoms with Gasteiger partial charge in [0, 0.05) is 6.42 Å². The van der Waals surface area contributed by atoms with Crippen molar-refractivity contribution in [3.05, 3.63) is 16.1 Å². The van der Waals surface area contributed by atoms with Crippen molar-refractivity contribution in [1.82, 2.24) is 9.55 Å². The molecule has 0 saturated heterocycles. The zero-order valence-corrected chi connectivity index (χ0v) is 10.0. The average Bonchev–Trinajstić information content (AvgIpc) is 2.52. The second-order valence-electron chi connectivity index (χ2n) is 2.94. The van der Waals surface area contributed by atoms with Crippen LogP contribution in [0.1, 0.15) is 19.2 Å². The number of rotatable bonds is 3. The van der Waals surface area contributed by atoms with Crippen molar-refractivity contribution in [2.24, 2.45) is 0 Å². The van der Waals surface area contributed by atoms with E-state index in [9.17, 15) is 18.0 Å². The van der Waals surface area contributed by atoms with E-state index in [-0.39, 0.29) is 6.42 Å². The number of alkyl halides is 3. The molecule has 17 heavy (non-hydrogen) atoms. The first-order valence-electron chi connectivity index (χ1n) is 4.41. The third kappa shape index (κ3) is 3.26. The predicted octanol–water partition coefficient (Wildman–Crippen LogP) is 3.12. The fraction of sp³-hybridized carbons (Fsp3) is 0.500. The van der Waals surface area contributed by atoms with Crippen LogP contribution in [0, 0.1) is 0 Å². The Morgan fingerprint density at radius 1 is 1.47 bits per heavy atom. The molecule has 0 fully saturated rings. The molecule has 0 spiro atoms. The number of halogens is 5. The summed E-state index contributed by atoms with van der Waals surface area (Å²) in [6.45, 7) is 0.829. The van der Waals surface area contributed by atoms with Crippen LogP contribution in [0.2, 0.25) is 10.3 Å². The van der Waals surface area contributed by atoms with Gasteiger partial charge in [-0.05, 0) is 0 Å². The maximum Gasteiger partial charge on any atom is 0.449 e. The van der Waals surface area contributed by atoms with Crippen molar-refractivity contribution < 1.29 is 22.7 Å². The SMILES string of the molecule is CCC(=O)OCn1c(C(F)(F)F)nc(Cl)c1Cl. The highest BCUT2D eigenvalue weighted by atomic mass is 35.5. The molecule has 0 atom stereocenters. The summed E-state index contributed by atoms with van der Waals surface area (Å²) in [5, 5.41) is -0.922. The zero-order chi connectivity index (χ0) is 13.2. The van der Waals surface area contributed by atoms with Gasteiger partial charge in [0.2, 0.25) is 5.82 Å². The number of esters is 1. The molecule has 1 rings (SSSR count). The molecule has 0 radical (unpaired) electrons. The molecule has 0 bridgehead atoms. The number of nitrogens with zero attached hydrogens (tertiary/aromatic N) is 2. The van der Waals surface area contributed by atoms with Gasteiger partial charge in [0.15, 0.2) is 17.0 Å². The van der Waals surface area contributed by atoms with Crippen LogP contribution < -0.4 is 0 Å². The third-order valence-electron chi connectivity index (χ3n) is 1.76. The molecule has 1 aromatic heterocycles. The molecule has 0 saturated carbocycles. The van der Waals surface area contributed by atoms with Gasteiger partial charge in [0.25, 0.3) is 0 Å². The molecule has 0 amide bonds. The lowest BCUT2D eigenvalue weighted by molar-refractivity contribution is -0.156. The fourth-order valence-corrected chi connectivity index (χ4v) is 1.33. The number of imidazole rings is 1. The first kappa shape index (κ1) is 14.1. The maximum atomic E-state index is 12.5. The van der Waals surface area contributed by atoms with E-state index in [0.29, 0.717) is 4.57 Å². The molecule has 0 aliphatic heterocycles. The van der Waals surface area contributed by atoms with E-state index in [2.05, 4.69) is 9.72 Å². The molecule has 96 valence electrons. The van der Waals surface area contributed by atoms with Crippen LogP contribution in [0.4, 0.5) is 13.2 Å². The van der Waals surface area contributed by atoms with Gasteiger partial charge in [-0.15, -0.1) is 0 Å². The van der Waals surface area contributed by atoms with E-state index < -0.39 is 35.0 Å². The van der Waals surface area contributed by atoms with Gasteiger partial charge < -0.3 is 4.74 Å². The van der Waals surface area contributed by atoms with Gasteiger partial charge >= 0.3 is 12.1 Å². The highest BCUT2D eigenvalue weighted by Crippen LogP contribution is 2.33. The Morgan fingerprint density at radius 3 is 2.53 bits per heavy atom. The number of ether oxygens (including phenoxy) is 1. The van der Waals surface area contributed by atoms with Crippen molar-refractivity contribution in [1.29, 1.82) is 0 Å². The Labute approximate surface area is 104 Å². The van der Waals surface area contributed by atoms with E-state index in [1.165, 1.54) is 6.92 Å². The number of carbonyl (C=O) groups excluding carboxylic acids is 1. The minimum atomic E-state index is -4.73. The summed E-state index contributed by atoms with van der Waals surface area (Å²) < 4.78 is 42.6. The lowest BCUT2D eigenvalue weighted by atomic mass is 10.5. The van der Waals surface area contributed by atoms with Gasteiger partial charge in [-0.2, -0.15) is 13.2 Å². The molecule has 0 unspecified atom stereocenters. The number of hydrogen-bond donors (Lipinski definition) is 0. The second kappa shape index (κ2) is 5.14. The summed E-state index contributed by atoms with van der Waals surface area (Å²) in [6, 6.07) is 0. The van der Waals surface area contributed by atoms with Crippen molar-refractivity contribution in [3.63, 3.8) is 0 Å². The number of carbonyl (C=O) groups is 1. The molecule has 1 heterocycles. The van der Waals surface area contributed by atoms with Crippen molar-refractivity contribution in [2.75, 3.05) is 0 Å². The Balaban J connectivity index is 3.01. The molecular weight excluding hydrogens is 284 g/mol. The highest BCUT2D eigenvalue weighted by molar-refractivity contribution is 6.40. The van der Waals surface area contributed by atoms with Gasteiger partial charge in [-0.3, -0.25) is 9.36 Å². The molecule has 1 aromatic rings. The summed E-state index contributed by atoms with van der Waals surface area (Å²) in [7, 11) is 0. The molecule has 9 heteroatoms. The van der Waals surface area contributed by atoms with Crippen LogP contribution >= 0.6 is 23.2 Å². The normalized spacial score (nSPS) is 11.6. The smallest absolute Gasteiger partial charge is 0.444 e. The first-order chi connectivity index (χ1) is 7.77. The van der Waals surface area contributed by atoms with Gasteiger partial charge in [0.05, 0.1) is 0 Å². The largest absolute Gasteiger partial charge is 0.449 e. The monoisotopic (exact) mass is 290 g/mol. The van der Waals surface area contributed by atoms with E-state index >= 15 is 0 Å². The van der Waals surface area contributed by atoms with Gasteiger partial charge in [-0.25, -0.2) is 4.98 Å². The standard InChI is InChI=1S/C8H7Cl2F3N2O2/c1-2-4(16)17-3-15-6(10)5(9)14-7(15)8(11,12)13/h2-3H2,1H3. The van der Waals surface area contributed by atoms with Gasteiger partial charge in [-0.1, -0.05) is 30.1 Å². The van der Waals surface area contributed by atoms with E-state index in [1.54, 1.807) is 0 Å². The fourth-order valence-electron chi connectivity index (χ4n) is 0.977. The molecular formula is C8H7Cl2F3N2O2. The molecule has 0 aliphatic carbocycles. The van der Waals surface area contributed by atoms with E-state index in [1.807, 2.05) is 0 Å². The molecule has 4 nitrogen and oxygen atoms in total. The lowest BCUT2D eigenvalue weighted by Crippen LogP contribution is -2.18. The second-order valence-corrected chi connectivity index (χ2v) is 3.66. The summed E-state index contributed by atoms with van der Waals surface area (Å²) in [4.78, 5) is 13.9. The lowest BCUT2D eigenvalue weighted by Gasteiger charge is -2.11. The van der Waals surface area contributed by atoms with Crippen LogP contribution in [0.15, 0.2) is 0 Å². The predicted molar refractivity (Wildman–Crippen MR) is 53.6 cm³/mol. The van der Waals surface area contributed by atoms with E-state index in [4.69, 9.17) is 23.2 Å². The van der Waals surface area contributed by atoms with Crippen LogP contribution in [0.25, 0.3) is 0 Å². The van der Waals surface area contributed by atoms with Gasteiger partial charge in [0.1, 0.15) is 0 Å². The highest BCUT2D eigenvalue weighted by Gasteiger charge is 2.38. The average molecular weight is 291 g/mol. The van der Waals surface area contributed by atoms with Crippen molar-refractivity contribution in [3.8, 4) is 0 Å². The summed E-state index contributed by atoms with van der Waals surface area (Å²) in [6.07, 6.45) is -4.68. The van der Waals surface area contributed by atoms with Crippen LogP contribution in [-0.2, 0) is 22.4 Å². The minimum Gasteiger partial charge on any atom is -0.444 e. The van der Waals surface area contributed by atoms with Crippen LogP contribution in [0.3, 0.4) is 0 Å². The minimum absolute atomic E-state index is 0.0431. The summed E-state index contributed by atoms with van der Waals surface area (Å²) >= 11 is 10.9. The summed E-state index contributed by atoms with van der Waals surface area (Å²) in [5.41, 5.74) is 0. The third-order valence-corrected chi connectivity index (χ3v) is 2.51.